The van der Waals surface area contributed by atoms with Crippen molar-refractivity contribution >= 4 is 39.1 Å². The van der Waals surface area contributed by atoms with Crippen molar-refractivity contribution in [3.63, 3.8) is 0 Å². The molecule has 4 rings (SSSR count). The number of aromatic nitrogens is 1. The largest absolute Gasteiger partial charge is 0.347 e. The Morgan fingerprint density at radius 1 is 1.08 bits per heavy atom. The second-order valence-corrected chi connectivity index (χ2v) is 6.97. The Balaban J connectivity index is 1.61. The molecule has 1 aliphatic heterocycles. The van der Waals surface area contributed by atoms with E-state index in [1.165, 1.54) is 12.1 Å². The van der Waals surface area contributed by atoms with Gasteiger partial charge < -0.3 is 9.88 Å². The van der Waals surface area contributed by atoms with Gasteiger partial charge in [-0.25, -0.2) is 4.39 Å². The van der Waals surface area contributed by atoms with Crippen LogP contribution >= 0.6 is 11.8 Å². The summed E-state index contributed by atoms with van der Waals surface area (Å²) in [5.74, 6) is -0.232. The highest BCUT2D eigenvalue weighted by Gasteiger charge is 2.25. The number of hydrogen-bond donors (Lipinski definition) is 1. The third-order valence-corrected chi connectivity index (χ3v) is 5.04. The Morgan fingerprint density at radius 3 is 2.62 bits per heavy atom. The van der Waals surface area contributed by atoms with Crippen LogP contribution in [0.2, 0.25) is 0 Å². The highest BCUT2D eigenvalue weighted by molar-refractivity contribution is 8.27. The molecule has 0 spiro atoms. The summed E-state index contributed by atoms with van der Waals surface area (Å²) >= 11 is 0.676. The standard InChI is InChI=1S/C20H15FN2O2S/c21-15-6-4-13(5-7-15)8-10-23-11-9-16-14(2-1-3-18(16)23)12-17-19(24)26-20(25)22-17/h1-7,9,11-12H,8,10H2,(H,22,25). The van der Waals surface area contributed by atoms with Crippen molar-refractivity contribution in [1.29, 1.82) is 0 Å². The summed E-state index contributed by atoms with van der Waals surface area (Å²) in [5, 5.41) is 2.98. The van der Waals surface area contributed by atoms with Gasteiger partial charge in [0.25, 0.3) is 5.24 Å². The van der Waals surface area contributed by atoms with E-state index in [2.05, 4.69) is 9.88 Å². The van der Waals surface area contributed by atoms with Gasteiger partial charge >= 0.3 is 0 Å². The van der Waals surface area contributed by atoms with Gasteiger partial charge in [-0.1, -0.05) is 24.3 Å². The fraction of sp³-hybridized carbons (Fsp3) is 0.100. The normalized spacial score (nSPS) is 15.8. The number of hydrogen-bond acceptors (Lipinski definition) is 3. The van der Waals surface area contributed by atoms with Crippen molar-refractivity contribution in [1.82, 2.24) is 9.88 Å². The van der Waals surface area contributed by atoms with Gasteiger partial charge in [-0.05, 0) is 47.9 Å². The van der Waals surface area contributed by atoms with Gasteiger partial charge in [0.05, 0.1) is 5.70 Å². The predicted molar refractivity (Wildman–Crippen MR) is 101 cm³/mol. The Kier molecular flexibility index (Phi) is 4.34. The second-order valence-electron chi connectivity index (χ2n) is 6.03. The quantitative estimate of drug-likeness (QED) is 0.699. The molecule has 0 saturated carbocycles. The third kappa shape index (κ3) is 3.28. The van der Waals surface area contributed by atoms with E-state index in [0.717, 1.165) is 35.0 Å². The van der Waals surface area contributed by atoms with Crippen molar-refractivity contribution in [3.8, 4) is 0 Å². The third-order valence-electron chi connectivity index (χ3n) is 4.34. The van der Waals surface area contributed by atoms with Gasteiger partial charge in [0.15, 0.2) is 0 Å². The van der Waals surface area contributed by atoms with Crippen LogP contribution in [0.5, 0.6) is 0 Å². The zero-order valence-corrected chi connectivity index (χ0v) is 14.6. The summed E-state index contributed by atoms with van der Waals surface area (Å²) in [7, 11) is 0. The lowest BCUT2D eigenvalue weighted by Gasteiger charge is -2.07. The minimum Gasteiger partial charge on any atom is -0.347 e. The highest BCUT2D eigenvalue weighted by atomic mass is 32.2. The van der Waals surface area contributed by atoms with Crippen LogP contribution in [0.15, 0.2) is 60.4 Å². The lowest BCUT2D eigenvalue weighted by atomic mass is 10.1. The van der Waals surface area contributed by atoms with E-state index in [4.69, 9.17) is 0 Å². The average Bonchev–Trinajstić information content (AvgIpc) is 3.18. The molecular weight excluding hydrogens is 351 g/mol. The molecule has 1 N–H and O–H groups in total. The number of thioether (sulfide) groups is 1. The molecule has 2 aromatic carbocycles. The zero-order valence-electron chi connectivity index (χ0n) is 13.7. The molecule has 4 nitrogen and oxygen atoms in total. The van der Waals surface area contributed by atoms with E-state index < -0.39 is 0 Å². The molecule has 1 aromatic heterocycles. The summed E-state index contributed by atoms with van der Waals surface area (Å²) < 4.78 is 15.1. The van der Waals surface area contributed by atoms with Gasteiger partial charge in [0, 0.05) is 35.4 Å². The van der Waals surface area contributed by atoms with E-state index in [1.54, 1.807) is 18.2 Å². The van der Waals surface area contributed by atoms with Crippen molar-refractivity contribution in [3.05, 3.63) is 77.4 Å². The molecule has 3 aromatic rings. The van der Waals surface area contributed by atoms with Crippen LogP contribution in [0.1, 0.15) is 11.1 Å². The fourth-order valence-electron chi connectivity index (χ4n) is 3.04. The summed E-state index contributed by atoms with van der Waals surface area (Å²) in [4.78, 5) is 23.1. The summed E-state index contributed by atoms with van der Waals surface area (Å²) in [6, 6.07) is 14.4. The number of aryl methyl sites for hydroxylation is 2. The maximum atomic E-state index is 13.0. The van der Waals surface area contributed by atoms with Crippen LogP contribution in [0.25, 0.3) is 17.0 Å². The highest BCUT2D eigenvalue weighted by Crippen LogP contribution is 2.26. The molecule has 1 saturated heterocycles. The zero-order chi connectivity index (χ0) is 18.1. The molecule has 6 heteroatoms. The number of benzene rings is 2. The lowest BCUT2D eigenvalue weighted by molar-refractivity contribution is -0.107. The van der Waals surface area contributed by atoms with Gasteiger partial charge in [0.1, 0.15) is 5.82 Å². The van der Waals surface area contributed by atoms with Crippen LogP contribution in [-0.4, -0.2) is 14.9 Å². The molecule has 0 unspecified atom stereocenters. The molecule has 0 atom stereocenters. The topological polar surface area (TPSA) is 51.1 Å². The van der Waals surface area contributed by atoms with Gasteiger partial charge in [-0.15, -0.1) is 0 Å². The average molecular weight is 366 g/mol. The first kappa shape index (κ1) is 16.6. The number of carbonyl (C=O) groups is 2. The van der Waals surface area contributed by atoms with Crippen molar-refractivity contribution < 1.29 is 14.0 Å². The number of carbonyl (C=O) groups excluding carboxylic acids is 2. The van der Waals surface area contributed by atoms with E-state index in [0.29, 0.717) is 17.5 Å². The minimum absolute atomic E-state index is 0.232. The molecule has 1 aliphatic rings. The molecular formula is C20H15FN2O2S. The molecule has 0 aliphatic carbocycles. The van der Waals surface area contributed by atoms with Crippen molar-refractivity contribution in [2.75, 3.05) is 0 Å². The summed E-state index contributed by atoms with van der Waals surface area (Å²) in [6.45, 7) is 0.765. The molecule has 130 valence electrons. The predicted octanol–water partition coefficient (Wildman–Crippen LogP) is 4.35. The van der Waals surface area contributed by atoms with Crippen LogP contribution in [0, 0.1) is 5.82 Å². The smallest absolute Gasteiger partial charge is 0.291 e. The van der Waals surface area contributed by atoms with Gasteiger partial charge in [-0.2, -0.15) is 0 Å². The van der Waals surface area contributed by atoms with E-state index >= 15 is 0 Å². The first-order chi connectivity index (χ1) is 12.6. The molecule has 1 fully saturated rings. The Labute approximate surface area is 153 Å². The van der Waals surface area contributed by atoms with Crippen LogP contribution in [-0.2, 0) is 17.8 Å². The fourth-order valence-corrected chi connectivity index (χ4v) is 3.59. The van der Waals surface area contributed by atoms with Crippen LogP contribution < -0.4 is 5.32 Å². The number of nitrogens with zero attached hydrogens (tertiary/aromatic N) is 1. The number of amides is 1. The van der Waals surface area contributed by atoms with E-state index in [9.17, 15) is 14.0 Å². The number of halogens is 1. The number of rotatable bonds is 4. The molecule has 1 amide bonds. The Morgan fingerprint density at radius 2 is 1.88 bits per heavy atom. The Bertz CT molecular complexity index is 1040. The van der Waals surface area contributed by atoms with Crippen molar-refractivity contribution in [2.24, 2.45) is 0 Å². The van der Waals surface area contributed by atoms with Crippen molar-refractivity contribution in [2.45, 2.75) is 13.0 Å². The number of fused-ring (bicyclic) bond motifs is 1. The summed E-state index contributed by atoms with van der Waals surface area (Å²) in [6.07, 6.45) is 4.51. The van der Waals surface area contributed by atoms with E-state index in [1.807, 2.05) is 30.5 Å². The number of nitrogens with one attached hydrogen (secondary N) is 1. The van der Waals surface area contributed by atoms with E-state index in [-0.39, 0.29) is 16.2 Å². The first-order valence-corrected chi connectivity index (χ1v) is 8.99. The molecule has 26 heavy (non-hydrogen) atoms. The first-order valence-electron chi connectivity index (χ1n) is 8.17. The maximum Gasteiger partial charge on any atom is 0.291 e. The molecule has 0 bridgehead atoms. The van der Waals surface area contributed by atoms with Crippen LogP contribution in [0.3, 0.4) is 0 Å². The Hall–Kier alpha value is -2.86. The SMILES string of the molecule is O=C1NC(=Cc2cccc3c2ccn3CCc2ccc(F)cc2)C(=O)S1. The lowest BCUT2D eigenvalue weighted by Crippen LogP contribution is -2.10. The molecule has 0 radical (unpaired) electrons. The van der Waals surface area contributed by atoms with Gasteiger partial charge in [0.2, 0.25) is 5.12 Å². The minimum atomic E-state index is -0.342. The monoisotopic (exact) mass is 366 g/mol. The van der Waals surface area contributed by atoms with Gasteiger partial charge in [-0.3, -0.25) is 9.59 Å². The second kappa shape index (κ2) is 6.80. The maximum absolute atomic E-state index is 13.0. The summed E-state index contributed by atoms with van der Waals surface area (Å²) in [5.41, 5.74) is 3.31. The molecule has 2 heterocycles. The van der Waals surface area contributed by atoms with Crippen LogP contribution in [0.4, 0.5) is 9.18 Å².